The number of anilines is 1. The molecule has 0 unspecified atom stereocenters. The predicted molar refractivity (Wildman–Crippen MR) is 146 cm³/mol. The largest absolute Gasteiger partial charge is 0.415 e. The maximum absolute atomic E-state index is 12.7. The monoisotopic (exact) mass is 607 g/mol. The van der Waals surface area contributed by atoms with E-state index in [1.807, 2.05) is 41.0 Å². The number of halogens is 5. The second kappa shape index (κ2) is 12.6. The lowest BCUT2D eigenvalue weighted by Crippen LogP contribution is -2.40. The number of nitrogens with zero attached hydrogens (tertiary/aromatic N) is 7. The predicted octanol–water partition coefficient (Wildman–Crippen LogP) is 6.05. The Bertz CT molecular complexity index is 1500. The van der Waals surface area contributed by atoms with Gasteiger partial charge in [-0.15, -0.1) is 10.2 Å². The van der Waals surface area contributed by atoms with Crippen molar-refractivity contribution >= 4 is 23.1 Å². The van der Waals surface area contributed by atoms with Crippen LogP contribution in [0.3, 0.4) is 0 Å². The summed E-state index contributed by atoms with van der Waals surface area (Å²) in [6, 6.07) is 9.10. The first-order chi connectivity index (χ1) is 20.1. The molecule has 0 N–H and O–H groups in total. The summed E-state index contributed by atoms with van der Waals surface area (Å²) in [7, 11) is 1.86. The van der Waals surface area contributed by atoms with Crippen molar-refractivity contribution in [2.45, 2.75) is 42.9 Å². The number of carbonyl (C=O) groups is 1. The number of pyridine rings is 1. The highest BCUT2D eigenvalue weighted by Gasteiger charge is 2.33. The van der Waals surface area contributed by atoms with Crippen molar-refractivity contribution in [2.75, 3.05) is 31.6 Å². The van der Waals surface area contributed by atoms with Gasteiger partial charge in [0.1, 0.15) is 0 Å². The smallest absolute Gasteiger partial charge is 0.401 e. The zero-order chi connectivity index (χ0) is 29.9. The van der Waals surface area contributed by atoms with Crippen molar-refractivity contribution in [1.82, 2.24) is 29.9 Å². The minimum Gasteiger partial charge on any atom is -0.415 e. The highest BCUT2D eigenvalue weighted by Crippen LogP contribution is 2.35. The Kier molecular flexibility index (Phi) is 8.87. The summed E-state index contributed by atoms with van der Waals surface area (Å²) in [5, 5.41) is 11.4. The van der Waals surface area contributed by atoms with E-state index in [-0.39, 0.29) is 11.9 Å². The van der Waals surface area contributed by atoms with Crippen molar-refractivity contribution in [3.63, 3.8) is 0 Å². The summed E-state index contributed by atoms with van der Waals surface area (Å²) < 4.78 is 70.3. The minimum atomic E-state index is -4.20. The number of piperidine rings is 1. The Morgan fingerprint density at radius 2 is 1.86 bits per heavy atom. The van der Waals surface area contributed by atoms with E-state index < -0.39 is 25.0 Å². The molecule has 1 saturated heterocycles. The molecule has 1 aliphatic rings. The average molecular weight is 608 g/mol. The molecule has 15 heteroatoms. The standard InChI is InChI=1S/C27H26F5N7O2S/c1-37(14-20-4-2-18(11-33-20)25-35-36-26(41-25)24(28)29)22-5-3-17(10-23(22)42-16-40)19-12-34-39(13-19)21-6-8-38(9-7-21)15-27(30,31)32/h2-5,10-13,16,21,24H,6-9,14-15H2,1H3. The number of aromatic nitrogens is 5. The zero-order valence-corrected chi connectivity index (χ0v) is 23.2. The minimum absolute atomic E-state index is 0.0162. The molecule has 3 aromatic heterocycles. The maximum atomic E-state index is 12.7. The summed E-state index contributed by atoms with van der Waals surface area (Å²) in [5.41, 5.74) is 4.33. The van der Waals surface area contributed by atoms with Gasteiger partial charge in [-0.3, -0.25) is 19.4 Å². The highest BCUT2D eigenvalue weighted by molar-refractivity contribution is 8.12. The van der Waals surface area contributed by atoms with E-state index in [0.717, 1.165) is 39.1 Å². The fraction of sp³-hybridized carbons (Fsp3) is 0.370. The summed E-state index contributed by atoms with van der Waals surface area (Å²) in [5.74, 6) is -0.803. The third-order valence-corrected chi connectivity index (χ3v) is 7.59. The van der Waals surface area contributed by atoms with Crippen LogP contribution in [0.2, 0.25) is 0 Å². The molecule has 0 radical (unpaired) electrons. The first kappa shape index (κ1) is 29.6. The summed E-state index contributed by atoms with van der Waals surface area (Å²) in [4.78, 5) is 19.9. The molecule has 1 aliphatic heterocycles. The Morgan fingerprint density at radius 3 is 2.50 bits per heavy atom. The first-order valence-corrected chi connectivity index (χ1v) is 13.8. The maximum Gasteiger partial charge on any atom is 0.401 e. The van der Waals surface area contributed by atoms with Crippen LogP contribution in [0.25, 0.3) is 22.6 Å². The third-order valence-electron chi connectivity index (χ3n) is 6.91. The fourth-order valence-electron chi connectivity index (χ4n) is 4.85. The van der Waals surface area contributed by atoms with Gasteiger partial charge in [-0.25, -0.2) is 0 Å². The van der Waals surface area contributed by atoms with Crippen LogP contribution in [0, 0.1) is 0 Å². The van der Waals surface area contributed by atoms with Gasteiger partial charge in [0.05, 0.1) is 42.3 Å². The Balaban J connectivity index is 1.25. The Hall–Kier alpha value is -3.85. The van der Waals surface area contributed by atoms with Gasteiger partial charge in [-0.05, 0) is 42.7 Å². The number of alkyl halides is 5. The van der Waals surface area contributed by atoms with Crippen molar-refractivity contribution < 1.29 is 31.2 Å². The van der Waals surface area contributed by atoms with Crippen molar-refractivity contribution in [3.05, 3.63) is 60.5 Å². The number of hydrogen-bond donors (Lipinski definition) is 0. The third kappa shape index (κ3) is 7.13. The van der Waals surface area contributed by atoms with Crippen LogP contribution < -0.4 is 4.90 Å². The van der Waals surface area contributed by atoms with E-state index in [1.54, 1.807) is 18.3 Å². The SMILES string of the molecule is CN(Cc1ccc(-c2nnc(C(F)F)o2)cn1)c1ccc(-c2cnn(C3CCN(CC(F)(F)F)CC3)c2)cc1SC=O. The van der Waals surface area contributed by atoms with Crippen LogP contribution in [0.5, 0.6) is 0 Å². The number of thioether (sulfide) groups is 1. The van der Waals surface area contributed by atoms with E-state index >= 15 is 0 Å². The molecule has 42 heavy (non-hydrogen) atoms. The van der Waals surface area contributed by atoms with Gasteiger partial charge >= 0.3 is 12.6 Å². The number of carbonyl (C=O) groups excluding carboxylic acids is 1. The molecule has 4 heterocycles. The average Bonchev–Trinajstić information content (AvgIpc) is 3.64. The number of likely N-dealkylation sites (tertiary alicyclic amines) is 1. The molecule has 0 atom stereocenters. The normalized spacial score (nSPS) is 14.9. The molecular weight excluding hydrogens is 581 g/mol. The summed E-state index contributed by atoms with van der Waals surface area (Å²) in [6.45, 7) is 0.209. The molecule has 5 rings (SSSR count). The highest BCUT2D eigenvalue weighted by atomic mass is 32.2. The molecule has 222 valence electrons. The molecule has 0 aliphatic carbocycles. The Morgan fingerprint density at radius 1 is 1.10 bits per heavy atom. The fourth-order valence-corrected chi connectivity index (χ4v) is 5.49. The van der Waals surface area contributed by atoms with E-state index in [4.69, 9.17) is 4.42 Å². The Labute approximate surface area is 241 Å². The number of hydrogen-bond acceptors (Lipinski definition) is 9. The van der Waals surface area contributed by atoms with E-state index in [0.29, 0.717) is 43.7 Å². The van der Waals surface area contributed by atoms with Crippen LogP contribution >= 0.6 is 11.8 Å². The van der Waals surface area contributed by atoms with Crippen LogP contribution in [0.1, 0.15) is 36.9 Å². The lowest BCUT2D eigenvalue weighted by Gasteiger charge is -2.32. The van der Waals surface area contributed by atoms with Gasteiger partial charge in [-0.1, -0.05) is 17.8 Å². The van der Waals surface area contributed by atoms with E-state index in [9.17, 15) is 26.7 Å². The lowest BCUT2D eigenvalue weighted by molar-refractivity contribution is -0.148. The van der Waals surface area contributed by atoms with Gasteiger partial charge in [-0.2, -0.15) is 27.1 Å². The van der Waals surface area contributed by atoms with Crippen LogP contribution in [-0.4, -0.2) is 68.3 Å². The van der Waals surface area contributed by atoms with Gasteiger partial charge in [0.2, 0.25) is 5.89 Å². The molecule has 0 bridgehead atoms. The van der Waals surface area contributed by atoms with Gasteiger partial charge < -0.3 is 9.32 Å². The van der Waals surface area contributed by atoms with Crippen molar-refractivity contribution in [3.8, 4) is 22.6 Å². The molecule has 4 aromatic rings. The second-order valence-electron chi connectivity index (χ2n) is 9.87. The molecule has 1 aromatic carbocycles. The number of rotatable bonds is 10. The van der Waals surface area contributed by atoms with Gasteiger partial charge in [0, 0.05) is 43.0 Å². The molecule has 0 spiro atoms. The molecule has 0 amide bonds. The van der Waals surface area contributed by atoms with Crippen molar-refractivity contribution in [2.24, 2.45) is 0 Å². The summed E-state index contributed by atoms with van der Waals surface area (Å²) in [6.07, 6.45) is -0.834. The topological polar surface area (TPSA) is 93.2 Å². The first-order valence-electron chi connectivity index (χ1n) is 13.0. The van der Waals surface area contributed by atoms with Crippen molar-refractivity contribution in [1.29, 1.82) is 0 Å². The van der Waals surface area contributed by atoms with Crippen LogP contribution in [0.4, 0.5) is 27.6 Å². The van der Waals surface area contributed by atoms with Gasteiger partial charge in [0.15, 0.2) is 5.62 Å². The lowest BCUT2D eigenvalue weighted by atomic mass is 10.0. The van der Waals surface area contributed by atoms with E-state index in [1.165, 1.54) is 11.1 Å². The molecule has 1 fully saturated rings. The summed E-state index contributed by atoms with van der Waals surface area (Å²) >= 11 is 1.04. The quantitative estimate of drug-likeness (QED) is 0.121. The van der Waals surface area contributed by atoms with Crippen LogP contribution in [0.15, 0.2) is 58.2 Å². The zero-order valence-electron chi connectivity index (χ0n) is 22.3. The van der Waals surface area contributed by atoms with Gasteiger partial charge in [0.25, 0.3) is 5.89 Å². The molecular formula is C27H26F5N7O2S. The number of benzene rings is 1. The molecule has 9 nitrogen and oxygen atoms in total. The second-order valence-corrected chi connectivity index (χ2v) is 10.7. The molecule has 0 saturated carbocycles. The van der Waals surface area contributed by atoms with Crippen LogP contribution in [-0.2, 0) is 11.3 Å². The van der Waals surface area contributed by atoms with E-state index in [2.05, 4.69) is 20.3 Å².